The van der Waals surface area contributed by atoms with E-state index in [-0.39, 0.29) is 18.7 Å². The molecule has 1 fully saturated rings. The zero-order valence-corrected chi connectivity index (χ0v) is 22.3. The summed E-state index contributed by atoms with van der Waals surface area (Å²) < 4.78 is 45.4. The molecule has 216 valence electrons. The molecular weight excluding hydrogens is 527 g/mol. The van der Waals surface area contributed by atoms with Gasteiger partial charge in [-0.05, 0) is 68.0 Å². The van der Waals surface area contributed by atoms with Crippen LogP contribution in [0.4, 0.5) is 18.9 Å². The first-order valence-corrected chi connectivity index (χ1v) is 13.2. The molecule has 1 aromatic heterocycles. The first-order valence-electron chi connectivity index (χ1n) is 13.2. The topological polar surface area (TPSA) is 115 Å². The molecule has 8 nitrogen and oxygen atoms in total. The highest BCUT2D eigenvalue weighted by molar-refractivity contribution is 5.85. The Hall–Kier alpha value is -3.41. The van der Waals surface area contributed by atoms with E-state index in [2.05, 4.69) is 15.2 Å². The molecule has 4 N–H and O–H groups in total. The molecule has 1 atom stereocenters. The molecule has 3 aromatic rings. The molecule has 0 saturated carbocycles. The number of likely N-dealkylation sites (tertiary alicyclic amines) is 1. The lowest BCUT2D eigenvalue weighted by molar-refractivity contribution is -0.141. The van der Waals surface area contributed by atoms with Gasteiger partial charge in [0.2, 0.25) is 0 Å². The Morgan fingerprint density at radius 2 is 1.88 bits per heavy atom. The Balaban J connectivity index is 1.40. The van der Waals surface area contributed by atoms with Crippen LogP contribution in [0.3, 0.4) is 0 Å². The summed E-state index contributed by atoms with van der Waals surface area (Å²) in [6.45, 7) is 1.87. The number of halogens is 3. The number of methoxy groups -OCH3 is 1. The van der Waals surface area contributed by atoms with Crippen LogP contribution in [0.2, 0.25) is 0 Å². The number of fused-ring (bicyclic) bond motifs is 1. The van der Waals surface area contributed by atoms with Crippen molar-refractivity contribution < 1.29 is 38.0 Å². The van der Waals surface area contributed by atoms with E-state index in [9.17, 15) is 33.3 Å². The molecule has 0 aliphatic carbocycles. The maximum atomic E-state index is 13.5. The highest BCUT2D eigenvalue weighted by Gasteiger charge is 2.37. The van der Waals surface area contributed by atoms with Crippen molar-refractivity contribution in [3.63, 3.8) is 0 Å². The van der Waals surface area contributed by atoms with Gasteiger partial charge in [-0.15, -0.1) is 0 Å². The Morgan fingerprint density at radius 1 is 1.18 bits per heavy atom. The molecule has 1 aliphatic heterocycles. The van der Waals surface area contributed by atoms with Crippen molar-refractivity contribution in [2.45, 2.75) is 44.8 Å². The number of pyridine rings is 1. The molecule has 2 heterocycles. The Labute approximate surface area is 230 Å². The second kappa shape index (κ2) is 12.8. The van der Waals surface area contributed by atoms with Gasteiger partial charge in [-0.1, -0.05) is 0 Å². The number of hydrogen-bond donors (Lipinski definition) is 4. The number of carboxylic acid groups (broad SMARTS) is 1. The maximum absolute atomic E-state index is 13.5. The van der Waals surface area contributed by atoms with E-state index in [4.69, 9.17) is 4.74 Å². The zero-order valence-electron chi connectivity index (χ0n) is 22.3. The quantitative estimate of drug-likeness (QED) is 0.237. The second-order valence-electron chi connectivity index (χ2n) is 10.4. The average molecular weight is 562 g/mol. The second-order valence-corrected chi connectivity index (χ2v) is 10.4. The van der Waals surface area contributed by atoms with Crippen molar-refractivity contribution >= 4 is 22.6 Å². The van der Waals surface area contributed by atoms with Crippen LogP contribution in [0.5, 0.6) is 5.75 Å². The monoisotopic (exact) mass is 561 g/mol. The van der Waals surface area contributed by atoms with E-state index in [1.54, 1.807) is 31.5 Å². The smallest absolute Gasteiger partial charge is 0.303 e. The summed E-state index contributed by atoms with van der Waals surface area (Å²) in [7, 11) is 1.54. The molecule has 0 spiro atoms. The third-order valence-electron chi connectivity index (χ3n) is 7.83. The molecule has 40 heavy (non-hydrogen) atoms. The highest BCUT2D eigenvalue weighted by Crippen LogP contribution is 2.42. The first-order chi connectivity index (χ1) is 19.1. The van der Waals surface area contributed by atoms with E-state index in [1.165, 1.54) is 0 Å². The van der Waals surface area contributed by atoms with E-state index < -0.39 is 34.9 Å². The number of nitrogens with zero attached hydrogens (tertiary/aromatic N) is 2. The van der Waals surface area contributed by atoms with Crippen molar-refractivity contribution in [2.24, 2.45) is 5.41 Å². The Morgan fingerprint density at radius 3 is 2.50 bits per heavy atom. The summed E-state index contributed by atoms with van der Waals surface area (Å²) in [6.07, 6.45) is 2.55. The molecule has 0 bridgehead atoms. The number of aromatic nitrogens is 1. The summed E-state index contributed by atoms with van der Waals surface area (Å²) in [6, 6.07) is 7.13. The van der Waals surface area contributed by atoms with Gasteiger partial charge in [-0.2, -0.15) is 0 Å². The van der Waals surface area contributed by atoms with Crippen LogP contribution in [-0.2, 0) is 11.4 Å². The maximum Gasteiger partial charge on any atom is 0.303 e. The lowest BCUT2D eigenvalue weighted by Gasteiger charge is -2.41. The van der Waals surface area contributed by atoms with Crippen LogP contribution in [0.25, 0.3) is 10.9 Å². The summed E-state index contributed by atoms with van der Waals surface area (Å²) >= 11 is 0. The van der Waals surface area contributed by atoms with Crippen molar-refractivity contribution in [1.29, 1.82) is 0 Å². The Kier molecular flexibility index (Phi) is 9.49. The minimum absolute atomic E-state index is 0.0300. The number of aliphatic hydroxyl groups is 2. The van der Waals surface area contributed by atoms with Crippen LogP contribution in [-0.4, -0.2) is 64.5 Å². The summed E-state index contributed by atoms with van der Waals surface area (Å²) in [5.74, 6) is -4.33. The number of aliphatic carboxylic acids is 1. The van der Waals surface area contributed by atoms with Gasteiger partial charge in [0.25, 0.3) is 0 Å². The summed E-state index contributed by atoms with van der Waals surface area (Å²) in [4.78, 5) is 18.3. The minimum Gasteiger partial charge on any atom is -0.497 e. The van der Waals surface area contributed by atoms with E-state index in [0.717, 1.165) is 12.1 Å². The predicted molar refractivity (Wildman–Crippen MR) is 144 cm³/mol. The van der Waals surface area contributed by atoms with E-state index in [1.807, 2.05) is 0 Å². The number of ether oxygens (including phenoxy) is 1. The van der Waals surface area contributed by atoms with E-state index >= 15 is 0 Å². The number of piperidine rings is 1. The standard InChI is InChI=1S/C29H34F3N3O5/c1-40-20-2-3-24-21(14-20)27(18(17-36)16-34-24)25(37)4-5-29(15-26(38)39)6-9-35(10-7-29)11-8-33-19-12-22(30)28(32)23(31)13-19/h2-3,12-14,16,25,33,36-37H,4-11,15,17H2,1H3,(H,38,39)/t25-/m1/s1. The molecule has 0 amide bonds. The largest absolute Gasteiger partial charge is 0.497 e. The van der Waals surface area contributed by atoms with Gasteiger partial charge in [0.05, 0.1) is 31.8 Å². The van der Waals surface area contributed by atoms with Gasteiger partial charge < -0.3 is 30.3 Å². The van der Waals surface area contributed by atoms with Gasteiger partial charge >= 0.3 is 5.97 Å². The van der Waals surface area contributed by atoms with Crippen molar-refractivity contribution in [3.05, 3.63) is 65.1 Å². The normalized spacial score (nSPS) is 16.1. The number of hydrogen-bond acceptors (Lipinski definition) is 7. The van der Waals surface area contributed by atoms with Crippen LogP contribution in [0, 0.1) is 22.9 Å². The molecule has 0 radical (unpaired) electrons. The summed E-state index contributed by atoms with van der Waals surface area (Å²) in [5, 5.41) is 34.4. The molecular formula is C29H34F3N3O5. The van der Waals surface area contributed by atoms with Crippen molar-refractivity contribution in [3.8, 4) is 5.75 Å². The highest BCUT2D eigenvalue weighted by atomic mass is 19.2. The molecule has 0 unspecified atom stereocenters. The number of nitrogens with one attached hydrogen (secondary N) is 1. The number of rotatable bonds is 12. The number of carbonyl (C=O) groups is 1. The van der Waals surface area contributed by atoms with Gasteiger partial charge in [-0.3, -0.25) is 9.78 Å². The fourth-order valence-corrected chi connectivity index (χ4v) is 5.57. The number of anilines is 1. The van der Waals surface area contributed by atoms with Gasteiger partial charge in [0.1, 0.15) is 5.75 Å². The first kappa shape index (κ1) is 29.6. The van der Waals surface area contributed by atoms with E-state index in [0.29, 0.717) is 79.6 Å². The van der Waals surface area contributed by atoms with Gasteiger partial charge in [-0.25, -0.2) is 13.2 Å². The van der Waals surface area contributed by atoms with Crippen molar-refractivity contribution in [1.82, 2.24) is 9.88 Å². The molecule has 1 aliphatic rings. The SMILES string of the molecule is COc1ccc2ncc(CO)c([C@H](O)CCC3(CC(=O)O)CCN(CCNc4cc(F)c(F)c(F)c4)CC3)c2c1. The van der Waals surface area contributed by atoms with Gasteiger partial charge in [0, 0.05) is 48.1 Å². The third-order valence-corrected chi connectivity index (χ3v) is 7.83. The predicted octanol–water partition coefficient (Wildman–Crippen LogP) is 4.64. The fraction of sp³-hybridized carbons (Fsp3) is 0.448. The number of benzene rings is 2. The van der Waals surface area contributed by atoms with Crippen LogP contribution < -0.4 is 10.1 Å². The minimum atomic E-state index is -1.51. The zero-order chi connectivity index (χ0) is 28.9. The van der Waals surface area contributed by atoms with Crippen LogP contribution in [0.15, 0.2) is 36.5 Å². The molecule has 1 saturated heterocycles. The van der Waals surface area contributed by atoms with Crippen LogP contribution >= 0.6 is 0 Å². The number of carboxylic acids is 1. The lowest BCUT2D eigenvalue weighted by atomic mass is 9.71. The van der Waals surface area contributed by atoms with Crippen LogP contribution in [0.1, 0.15) is 49.3 Å². The lowest BCUT2D eigenvalue weighted by Crippen LogP contribution is -2.43. The fourth-order valence-electron chi connectivity index (χ4n) is 5.57. The average Bonchev–Trinajstić information content (AvgIpc) is 2.94. The van der Waals surface area contributed by atoms with Crippen molar-refractivity contribution in [2.75, 3.05) is 38.6 Å². The molecule has 11 heteroatoms. The number of aliphatic hydroxyl groups excluding tert-OH is 2. The summed E-state index contributed by atoms with van der Waals surface area (Å²) in [5.41, 5.74) is 1.35. The van der Waals surface area contributed by atoms with Gasteiger partial charge in [0.15, 0.2) is 17.5 Å². The Bertz CT molecular complexity index is 1320. The molecule has 4 rings (SSSR count). The third kappa shape index (κ3) is 6.83. The molecule has 2 aromatic carbocycles.